The van der Waals surface area contributed by atoms with E-state index in [0.29, 0.717) is 6.42 Å². The van der Waals surface area contributed by atoms with Crippen molar-refractivity contribution in [1.82, 2.24) is 9.88 Å². The fraction of sp³-hybridized carbons (Fsp3) is 0.333. The zero-order chi connectivity index (χ0) is 14.5. The molecule has 0 aliphatic heterocycles. The maximum Gasteiger partial charge on any atom is 0.0924 e. The highest BCUT2D eigenvalue weighted by molar-refractivity contribution is 7.09. The number of nitrogens with zero attached hydrogens (tertiary/aromatic N) is 2. The lowest BCUT2D eigenvalue weighted by Crippen LogP contribution is -2.28. The molecule has 1 aromatic carbocycles. The number of hydrogen-bond donors (Lipinski definition) is 2. The summed E-state index contributed by atoms with van der Waals surface area (Å²) in [4.78, 5) is 6.70. The second-order valence-corrected chi connectivity index (χ2v) is 5.99. The fourth-order valence-corrected chi connectivity index (χ4v) is 2.86. The summed E-state index contributed by atoms with van der Waals surface area (Å²) in [7, 11) is 2.05. The van der Waals surface area contributed by atoms with Crippen LogP contribution in [-0.4, -0.2) is 22.8 Å². The van der Waals surface area contributed by atoms with Crippen LogP contribution in [0.15, 0.2) is 35.7 Å². The van der Waals surface area contributed by atoms with E-state index < -0.39 is 0 Å². The molecule has 5 heteroatoms. The number of rotatable bonds is 6. The Morgan fingerprint density at radius 1 is 1.40 bits per heavy atom. The molecule has 0 saturated heterocycles. The molecule has 0 aliphatic rings. The molecule has 0 spiro atoms. The van der Waals surface area contributed by atoms with Crippen molar-refractivity contribution >= 4 is 17.2 Å². The molecule has 0 aliphatic carbocycles. The number of hydrogen-bond acceptors (Lipinski definition) is 4. The van der Waals surface area contributed by atoms with E-state index in [-0.39, 0.29) is 11.9 Å². The van der Waals surface area contributed by atoms with Crippen molar-refractivity contribution in [3.63, 3.8) is 0 Å². The SMILES string of the molecule is Cc1nc(CN(C)C(CC(=N)N)c2ccccc2)cs1. The minimum absolute atomic E-state index is 0.107. The van der Waals surface area contributed by atoms with Gasteiger partial charge in [-0.25, -0.2) is 4.98 Å². The summed E-state index contributed by atoms with van der Waals surface area (Å²) in [6.45, 7) is 2.77. The smallest absolute Gasteiger partial charge is 0.0924 e. The van der Waals surface area contributed by atoms with E-state index in [1.165, 1.54) is 5.56 Å². The maximum atomic E-state index is 7.59. The third-order valence-corrected chi connectivity index (χ3v) is 4.03. The Bertz CT molecular complexity index is 564. The lowest BCUT2D eigenvalue weighted by molar-refractivity contribution is 0.239. The highest BCUT2D eigenvalue weighted by atomic mass is 32.1. The second-order valence-electron chi connectivity index (χ2n) is 4.93. The lowest BCUT2D eigenvalue weighted by atomic mass is 10.0. The first-order valence-electron chi connectivity index (χ1n) is 6.55. The first-order chi connectivity index (χ1) is 9.56. The van der Waals surface area contributed by atoms with Gasteiger partial charge < -0.3 is 5.73 Å². The van der Waals surface area contributed by atoms with E-state index >= 15 is 0 Å². The molecule has 1 heterocycles. The van der Waals surface area contributed by atoms with Crippen LogP contribution in [0, 0.1) is 12.3 Å². The fourth-order valence-electron chi connectivity index (χ4n) is 2.26. The highest BCUT2D eigenvalue weighted by Crippen LogP contribution is 2.24. The van der Waals surface area contributed by atoms with Gasteiger partial charge in [0.25, 0.3) is 0 Å². The van der Waals surface area contributed by atoms with Crippen molar-refractivity contribution in [2.45, 2.75) is 25.9 Å². The molecule has 1 unspecified atom stereocenters. The zero-order valence-corrected chi connectivity index (χ0v) is 12.7. The van der Waals surface area contributed by atoms with Gasteiger partial charge in [-0.15, -0.1) is 11.3 Å². The van der Waals surface area contributed by atoms with Gasteiger partial charge in [-0.3, -0.25) is 10.3 Å². The number of benzene rings is 1. The van der Waals surface area contributed by atoms with Crippen LogP contribution in [0.2, 0.25) is 0 Å². The van der Waals surface area contributed by atoms with Crippen molar-refractivity contribution in [2.24, 2.45) is 5.73 Å². The van der Waals surface area contributed by atoms with Gasteiger partial charge >= 0.3 is 0 Å². The molecule has 2 aromatic rings. The summed E-state index contributed by atoms with van der Waals surface area (Å²) < 4.78 is 0. The van der Waals surface area contributed by atoms with Gasteiger partial charge in [-0.05, 0) is 19.5 Å². The summed E-state index contributed by atoms with van der Waals surface area (Å²) in [5, 5.41) is 10.8. The monoisotopic (exact) mass is 288 g/mol. The van der Waals surface area contributed by atoms with Gasteiger partial charge in [0.1, 0.15) is 0 Å². The van der Waals surface area contributed by atoms with Crippen molar-refractivity contribution in [3.8, 4) is 0 Å². The quantitative estimate of drug-likeness (QED) is 0.634. The van der Waals surface area contributed by atoms with Crippen LogP contribution in [0.1, 0.15) is 28.7 Å². The molecule has 1 aromatic heterocycles. The molecule has 2 rings (SSSR count). The Morgan fingerprint density at radius 2 is 2.10 bits per heavy atom. The van der Waals surface area contributed by atoms with Gasteiger partial charge in [0.2, 0.25) is 0 Å². The van der Waals surface area contributed by atoms with E-state index in [2.05, 4.69) is 34.4 Å². The third kappa shape index (κ3) is 3.88. The number of nitrogens with two attached hydrogens (primary N) is 1. The van der Waals surface area contributed by atoms with Gasteiger partial charge in [0.05, 0.1) is 16.5 Å². The summed E-state index contributed by atoms with van der Waals surface area (Å²) in [6.07, 6.45) is 0.531. The van der Waals surface area contributed by atoms with E-state index in [9.17, 15) is 0 Å². The molecule has 106 valence electrons. The second kappa shape index (κ2) is 6.63. The summed E-state index contributed by atoms with van der Waals surface area (Å²) in [5.74, 6) is 0.208. The average Bonchev–Trinajstić information content (AvgIpc) is 2.82. The molecule has 4 nitrogen and oxygen atoms in total. The van der Waals surface area contributed by atoms with Crippen LogP contribution in [0.3, 0.4) is 0 Å². The number of aromatic nitrogens is 1. The molecule has 3 N–H and O–H groups in total. The molecular formula is C15H20N4S. The predicted octanol–water partition coefficient (Wildman–Crippen LogP) is 2.95. The van der Waals surface area contributed by atoms with Gasteiger partial charge in [-0.1, -0.05) is 30.3 Å². The highest BCUT2D eigenvalue weighted by Gasteiger charge is 2.18. The first kappa shape index (κ1) is 14.7. The molecular weight excluding hydrogens is 268 g/mol. The summed E-state index contributed by atoms with van der Waals surface area (Å²) in [6, 6.07) is 10.3. The summed E-state index contributed by atoms with van der Waals surface area (Å²) in [5.41, 5.74) is 7.86. The third-order valence-electron chi connectivity index (χ3n) is 3.21. The van der Waals surface area contributed by atoms with Crippen molar-refractivity contribution in [2.75, 3.05) is 7.05 Å². The number of nitrogens with one attached hydrogen (secondary N) is 1. The van der Waals surface area contributed by atoms with Crippen LogP contribution in [0.25, 0.3) is 0 Å². The molecule has 1 atom stereocenters. The Kier molecular flexibility index (Phi) is 4.87. The normalized spacial score (nSPS) is 12.6. The van der Waals surface area contributed by atoms with Gasteiger partial charge in [0.15, 0.2) is 0 Å². The van der Waals surface area contributed by atoms with E-state index in [1.807, 2.05) is 25.1 Å². The molecule has 20 heavy (non-hydrogen) atoms. The minimum atomic E-state index is 0.107. The van der Waals surface area contributed by atoms with Crippen LogP contribution < -0.4 is 5.73 Å². The first-order valence-corrected chi connectivity index (χ1v) is 7.43. The molecule has 0 bridgehead atoms. The maximum absolute atomic E-state index is 7.59. The Morgan fingerprint density at radius 3 is 2.65 bits per heavy atom. The van der Waals surface area contributed by atoms with Crippen LogP contribution in [0.5, 0.6) is 0 Å². The number of amidine groups is 1. The minimum Gasteiger partial charge on any atom is -0.388 e. The van der Waals surface area contributed by atoms with Crippen LogP contribution in [-0.2, 0) is 6.54 Å². The molecule has 0 radical (unpaired) electrons. The number of thiazole rings is 1. The Balaban J connectivity index is 2.15. The lowest BCUT2D eigenvalue weighted by Gasteiger charge is -2.27. The van der Waals surface area contributed by atoms with Crippen LogP contribution >= 0.6 is 11.3 Å². The van der Waals surface area contributed by atoms with Crippen molar-refractivity contribution in [1.29, 1.82) is 5.41 Å². The molecule has 0 saturated carbocycles. The topological polar surface area (TPSA) is 66.0 Å². The average molecular weight is 288 g/mol. The molecule has 0 amide bonds. The van der Waals surface area contributed by atoms with Crippen molar-refractivity contribution in [3.05, 3.63) is 52.0 Å². The summed E-state index contributed by atoms with van der Waals surface area (Å²) >= 11 is 1.66. The largest absolute Gasteiger partial charge is 0.388 e. The van der Waals surface area contributed by atoms with Crippen molar-refractivity contribution < 1.29 is 0 Å². The predicted molar refractivity (Wildman–Crippen MR) is 84.0 cm³/mol. The Hall–Kier alpha value is -1.72. The van der Waals surface area contributed by atoms with Gasteiger partial charge in [-0.2, -0.15) is 0 Å². The standard InChI is InChI=1S/C15H20N4S/c1-11-18-13(10-20-11)9-19(2)14(8-15(16)17)12-6-4-3-5-7-12/h3-7,10,14H,8-9H2,1-2H3,(H3,16,17). The Labute approximate surface area is 123 Å². The molecule has 0 fully saturated rings. The number of aryl methyl sites for hydroxylation is 1. The van der Waals surface area contributed by atoms with Gasteiger partial charge in [0, 0.05) is 24.4 Å². The zero-order valence-electron chi connectivity index (χ0n) is 11.8. The van der Waals surface area contributed by atoms with E-state index in [0.717, 1.165) is 17.2 Å². The van der Waals surface area contributed by atoms with Crippen LogP contribution in [0.4, 0.5) is 0 Å². The van der Waals surface area contributed by atoms with E-state index in [1.54, 1.807) is 11.3 Å². The van der Waals surface area contributed by atoms with E-state index in [4.69, 9.17) is 11.1 Å².